The molecule has 0 aliphatic heterocycles. The van der Waals surface area contributed by atoms with E-state index in [1.54, 1.807) is 0 Å². The van der Waals surface area contributed by atoms with Gasteiger partial charge >= 0.3 is 0 Å². The van der Waals surface area contributed by atoms with E-state index in [1.807, 2.05) is 0 Å². The minimum Gasteiger partial charge on any atom is -0.312 e. The Morgan fingerprint density at radius 3 is 2.39 bits per heavy atom. The topological polar surface area (TPSA) is 12.0 Å². The molecule has 0 aliphatic rings. The first kappa shape index (κ1) is 15.2. The fourth-order valence-corrected chi connectivity index (χ4v) is 2.17. The third-order valence-corrected chi connectivity index (χ3v) is 3.52. The molecule has 1 heteroatoms. The minimum absolute atomic E-state index is 0.252. The van der Waals surface area contributed by atoms with Crippen LogP contribution in [0.1, 0.15) is 58.4 Å². The van der Waals surface area contributed by atoms with E-state index < -0.39 is 0 Å². The molecule has 1 aromatic carbocycles. The molecule has 0 spiro atoms. The zero-order valence-corrected chi connectivity index (χ0v) is 12.3. The first-order valence-electron chi connectivity index (χ1n) is 7.43. The quantitative estimate of drug-likeness (QED) is 0.630. The summed E-state index contributed by atoms with van der Waals surface area (Å²) >= 11 is 0. The van der Waals surface area contributed by atoms with Gasteiger partial charge in [-0.15, -0.1) is 0 Å². The van der Waals surface area contributed by atoms with Crippen molar-refractivity contribution in [2.45, 2.75) is 64.8 Å². The molecule has 1 N–H and O–H groups in total. The van der Waals surface area contributed by atoms with Crippen LogP contribution in [-0.4, -0.2) is 12.1 Å². The Morgan fingerprint density at radius 2 is 1.72 bits per heavy atom. The molecular formula is C17H29N. The van der Waals surface area contributed by atoms with Gasteiger partial charge in [0.15, 0.2) is 0 Å². The number of benzene rings is 1. The number of aryl methyl sites for hydroxylation is 1. The number of hydrogen-bond acceptors (Lipinski definition) is 1. The summed E-state index contributed by atoms with van der Waals surface area (Å²) in [6, 6.07) is 10.8. The van der Waals surface area contributed by atoms with Crippen molar-refractivity contribution in [2.75, 3.05) is 6.54 Å². The van der Waals surface area contributed by atoms with Crippen molar-refractivity contribution in [3.05, 3.63) is 35.9 Å². The number of nitrogens with one attached hydrogen (secondary N) is 1. The lowest BCUT2D eigenvalue weighted by atomic mass is 9.95. The molecule has 0 amide bonds. The predicted octanol–water partition coefficient (Wildman–Crippen LogP) is 4.57. The number of rotatable bonds is 9. The third kappa shape index (κ3) is 6.80. The average molecular weight is 247 g/mol. The van der Waals surface area contributed by atoms with Gasteiger partial charge in [-0.2, -0.15) is 0 Å². The highest BCUT2D eigenvalue weighted by Crippen LogP contribution is 2.13. The molecule has 0 fully saturated rings. The van der Waals surface area contributed by atoms with Gasteiger partial charge in [-0.1, -0.05) is 56.5 Å². The van der Waals surface area contributed by atoms with Crippen LogP contribution in [0.4, 0.5) is 0 Å². The van der Waals surface area contributed by atoms with Gasteiger partial charge in [0.25, 0.3) is 0 Å². The zero-order chi connectivity index (χ0) is 13.3. The normalized spacial score (nSPS) is 11.7. The van der Waals surface area contributed by atoms with E-state index in [-0.39, 0.29) is 5.54 Å². The Hall–Kier alpha value is -0.820. The zero-order valence-electron chi connectivity index (χ0n) is 12.3. The summed E-state index contributed by atoms with van der Waals surface area (Å²) in [6.07, 6.45) is 7.71. The van der Waals surface area contributed by atoms with E-state index in [0.717, 1.165) is 13.0 Å². The summed E-state index contributed by atoms with van der Waals surface area (Å²) in [5.74, 6) is 0. The van der Waals surface area contributed by atoms with Crippen molar-refractivity contribution >= 4 is 0 Å². The monoisotopic (exact) mass is 247 g/mol. The van der Waals surface area contributed by atoms with Crippen molar-refractivity contribution in [2.24, 2.45) is 0 Å². The first-order chi connectivity index (χ1) is 8.64. The lowest BCUT2D eigenvalue weighted by Gasteiger charge is -2.26. The lowest BCUT2D eigenvalue weighted by molar-refractivity contribution is 0.358. The van der Waals surface area contributed by atoms with Crippen LogP contribution in [0.2, 0.25) is 0 Å². The molecule has 1 nitrogen and oxygen atoms in total. The van der Waals surface area contributed by atoms with Crippen LogP contribution in [0, 0.1) is 0 Å². The number of hydrogen-bond donors (Lipinski definition) is 1. The highest BCUT2D eigenvalue weighted by molar-refractivity contribution is 5.15. The fraction of sp³-hybridized carbons (Fsp3) is 0.647. The maximum absolute atomic E-state index is 3.69. The molecule has 0 atom stereocenters. The molecule has 0 radical (unpaired) electrons. The first-order valence-corrected chi connectivity index (χ1v) is 7.43. The van der Waals surface area contributed by atoms with Gasteiger partial charge in [-0.05, 0) is 45.2 Å². The largest absolute Gasteiger partial charge is 0.312 e. The summed E-state index contributed by atoms with van der Waals surface area (Å²) in [5, 5.41) is 3.69. The third-order valence-electron chi connectivity index (χ3n) is 3.52. The molecule has 1 rings (SSSR count). The second kappa shape index (κ2) is 8.31. The van der Waals surface area contributed by atoms with Crippen molar-refractivity contribution in [1.82, 2.24) is 5.32 Å². The lowest BCUT2D eigenvalue weighted by Crippen LogP contribution is -2.40. The van der Waals surface area contributed by atoms with E-state index in [0.29, 0.717) is 0 Å². The van der Waals surface area contributed by atoms with Crippen molar-refractivity contribution in [3.8, 4) is 0 Å². The summed E-state index contributed by atoms with van der Waals surface area (Å²) < 4.78 is 0. The highest BCUT2D eigenvalue weighted by Gasteiger charge is 2.15. The van der Waals surface area contributed by atoms with Gasteiger partial charge in [0.1, 0.15) is 0 Å². The van der Waals surface area contributed by atoms with Crippen LogP contribution in [0.3, 0.4) is 0 Å². The molecule has 0 aliphatic carbocycles. The van der Waals surface area contributed by atoms with Gasteiger partial charge in [-0.3, -0.25) is 0 Å². The van der Waals surface area contributed by atoms with Crippen LogP contribution >= 0.6 is 0 Å². The Balaban J connectivity index is 2.19. The molecule has 0 unspecified atom stereocenters. The molecule has 18 heavy (non-hydrogen) atoms. The number of unbranched alkanes of at least 4 members (excludes halogenated alkanes) is 3. The van der Waals surface area contributed by atoms with Gasteiger partial charge < -0.3 is 5.32 Å². The fourth-order valence-electron chi connectivity index (χ4n) is 2.17. The molecule has 0 heterocycles. The van der Waals surface area contributed by atoms with Crippen molar-refractivity contribution < 1.29 is 0 Å². The van der Waals surface area contributed by atoms with Gasteiger partial charge in [-0.25, -0.2) is 0 Å². The second-order valence-corrected chi connectivity index (χ2v) is 5.86. The van der Waals surface area contributed by atoms with Gasteiger partial charge in [0, 0.05) is 5.54 Å². The van der Waals surface area contributed by atoms with E-state index in [2.05, 4.69) is 56.4 Å². The molecule has 0 saturated carbocycles. The van der Waals surface area contributed by atoms with Crippen molar-refractivity contribution in [1.29, 1.82) is 0 Å². The molecule has 1 aromatic rings. The van der Waals surface area contributed by atoms with Crippen LogP contribution < -0.4 is 5.32 Å². The van der Waals surface area contributed by atoms with Gasteiger partial charge in [0.05, 0.1) is 0 Å². The molecule has 0 saturated heterocycles. The molecule has 102 valence electrons. The van der Waals surface area contributed by atoms with Crippen LogP contribution in [0.25, 0.3) is 0 Å². The van der Waals surface area contributed by atoms with Crippen LogP contribution in [0.15, 0.2) is 30.3 Å². The maximum atomic E-state index is 3.69. The Morgan fingerprint density at radius 1 is 1.00 bits per heavy atom. The maximum Gasteiger partial charge on any atom is 0.0128 e. The smallest absolute Gasteiger partial charge is 0.0128 e. The Bertz CT molecular complexity index is 303. The summed E-state index contributed by atoms with van der Waals surface area (Å²) in [6.45, 7) is 8.05. The average Bonchev–Trinajstić information content (AvgIpc) is 2.38. The van der Waals surface area contributed by atoms with E-state index in [1.165, 1.54) is 37.7 Å². The van der Waals surface area contributed by atoms with Crippen molar-refractivity contribution in [3.63, 3.8) is 0 Å². The predicted molar refractivity (Wildman–Crippen MR) is 81.0 cm³/mol. The minimum atomic E-state index is 0.252. The highest BCUT2D eigenvalue weighted by atomic mass is 14.9. The van der Waals surface area contributed by atoms with Gasteiger partial charge in [0.2, 0.25) is 0 Å². The Labute approximate surface area is 113 Å². The molecular weight excluding hydrogens is 218 g/mol. The van der Waals surface area contributed by atoms with E-state index >= 15 is 0 Å². The van der Waals surface area contributed by atoms with E-state index in [4.69, 9.17) is 0 Å². The second-order valence-electron chi connectivity index (χ2n) is 5.86. The van der Waals surface area contributed by atoms with Crippen LogP contribution in [-0.2, 0) is 6.42 Å². The summed E-state index contributed by atoms with van der Waals surface area (Å²) in [7, 11) is 0. The Kier molecular flexibility index (Phi) is 7.04. The van der Waals surface area contributed by atoms with E-state index in [9.17, 15) is 0 Å². The molecule has 0 aromatic heterocycles. The summed E-state index contributed by atoms with van der Waals surface area (Å²) in [4.78, 5) is 0. The standard InChI is InChI=1S/C17H29N/c1-4-5-6-10-15-18-17(2,3)14-13-16-11-8-7-9-12-16/h7-9,11-12,18H,4-6,10,13-15H2,1-3H3. The SMILES string of the molecule is CCCCCCNC(C)(C)CCc1ccccc1. The van der Waals surface area contributed by atoms with Crippen LogP contribution in [0.5, 0.6) is 0 Å². The molecule has 0 bridgehead atoms. The summed E-state index contributed by atoms with van der Waals surface area (Å²) in [5.41, 5.74) is 1.69.